The van der Waals surface area contributed by atoms with Gasteiger partial charge in [0.25, 0.3) is 0 Å². The van der Waals surface area contributed by atoms with Crippen LogP contribution < -0.4 is 0 Å². The molecule has 4 heterocycles. The fraction of sp³-hybridized carbons (Fsp3) is 0.476. The van der Waals surface area contributed by atoms with E-state index in [9.17, 15) is 0 Å². The fourth-order valence-electron chi connectivity index (χ4n) is 4.35. The van der Waals surface area contributed by atoms with Gasteiger partial charge in [-0.3, -0.25) is 0 Å². The van der Waals surface area contributed by atoms with E-state index in [-0.39, 0.29) is 0 Å². The van der Waals surface area contributed by atoms with E-state index in [1.54, 1.807) is 6.20 Å². The SMILES string of the molecule is Cc1nc2c3cccnc3nn2c(C)c1CCc1nc(C2CCCCC2)no1. The lowest BCUT2D eigenvalue weighted by atomic mass is 9.89. The van der Waals surface area contributed by atoms with Gasteiger partial charge in [0.2, 0.25) is 5.89 Å². The maximum Gasteiger partial charge on any atom is 0.226 e. The van der Waals surface area contributed by atoms with Crippen LogP contribution in [0.3, 0.4) is 0 Å². The van der Waals surface area contributed by atoms with E-state index < -0.39 is 0 Å². The van der Waals surface area contributed by atoms with Gasteiger partial charge in [0.05, 0.1) is 5.39 Å². The van der Waals surface area contributed by atoms with Crippen molar-refractivity contribution in [1.29, 1.82) is 0 Å². The first kappa shape index (κ1) is 17.3. The predicted octanol–water partition coefficient (Wildman–Crippen LogP) is 4.11. The highest BCUT2D eigenvalue weighted by Crippen LogP contribution is 2.31. The lowest BCUT2D eigenvalue weighted by molar-refractivity contribution is 0.357. The van der Waals surface area contributed by atoms with Gasteiger partial charge < -0.3 is 4.52 Å². The van der Waals surface area contributed by atoms with Gasteiger partial charge in [0.1, 0.15) is 0 Å². The number of pyridine rings is 1. The number of rotatable bonds is 4. The first-order valence-electron chi connectivity index (χ1n) is 10.1. The maximum atomic E-state index is 5.54. The second-order valence-electron chi connectivity index (χ2n) is 7.75. The highest BCUT2D eigenvalue weighted by Gasteiger charge is 2.21. The maximum absolute atomic E-state index is 5.54. The average Bonchev–Trinajstić information content (AvgIpc) is 3.34. The lowest BCUT2D eigenvalue weighted by Gasteiger charge is -2.17. The van der Waals surface area contributed by atoms with Gasteiger partial charge in [0.15, 0.2) is 17.1 Å². The van der Waals surface area contributed by atoms with Crippen LogP contribution in [-0.4, -0.2) is 29.7 Å². The molecule has 4 aromatic rings. The van der Waals surface area contributed by atoms with Crippen molar-refractivity contribution in [3.63, 3.8) is 0 Å². The number of aryl methyl sites for hydroxylation is 3. The molecule has 0 N–H and O–H groups in total. The molecule has 0 bridgehead atoms. The number of nitrogens with zero attached hydrogens (tertiary/aromatic N) is 6. The van der Waals surface area contributed by atoms with Crippen LogP contribution in [0.15, 0.2) is 22.9 Å². The molecule has 7 heteroatoms. The van der Waals surface area contributed by atoms with E-state index in [0.29, 0.717) is 18.2 Å². The van der Waals surface area contributed by atoms with Crippen molar-refractivity contribution in [2.24, 2.45) is 0 Å². The Hall–Kier alpha value is -2.83. The molecule has 5 rings (SSSR count). The highest BCUT2D eigenvalue weighted by atomic mass is 16.5. The van der Waals surface area contributed by atoms with Crippen LogP contribution >= 0.6 is 0 Å². The minimum Gasteiger partial charge on any atom is -0.339 e. The minimum atomic E-state index is 0.469. The minimum absolute atomic E-state index is 0.469. The zero-order valence-corrected chi connectivity index (χ0v) is 16.4. The summed E-state index contributed by atoms with van der Waals surface area (Å²) in [6.45, 7) is 4.14. The Bertz CT molecular complexity index is 1140. The van der Waals surface area contributed by atoms with E-state index in [1.807, 2.05) is 16.6 Å². The van der Waals surface area contributed by atoms with Gasteiger partial charge in [-0.15, -0.1) is 5.10 Å². The van der Waals surface area contributed by atoms with E-state index in [2.05, 4.69) is 34.1 Å². The molecule has 0 aromatic carbocycles. The summed E-state index contributed by atoms with van der Waals surface area (Å²) in [6.07, 6.45) is 9.50. The Morgan fingerprint density at radius 3 is 2.82 bits per heavy atom. The molecule has 1 aliphatic carbocycles. The molecule has 0 saturated heterocycles. The molecule has 1 fully saturated rings. The molecule has 0 spiro atoms. The number of aromatic nitrogens is 6. The third-order valence-electron chi connectivity index (χ3n) is 5.93. The molecular formula is C21H24N6O. The van der Waals surface area contributed by atoms with Crippen molar-refractivity contribution >= 4 is 16.7 Å². The summed E-state index contributed by atoms with van der Waals surface area (Å²) in [5.41, 5.74) is 4.87. The zero-order valence-electron chi connectivity index (χ0n) is 16.4. The van der Waals surface area contributed by atoms with Crippen molar-refractivity contribution in [1.82, 2.24) is 29.7 Å². The van der Waals surface area contributed by atoms with Crippen molar-refractivity contribution in [2.75, 3.05) is 0 Å². The number of hydrogen-bond acceptors (Lipinski definition) is 6. The van der Waals surface area contributed by atoms with Crippen molar-refractivity contribution in [2.45, 2.75) is 64.7 Å². The Morgan fingerprint density at radius 1 is 1.11 bits per heavy atom. The summed E-state index contributed by atoms with van der Waals surface area (Å²) in [5, 5.41) is 9.86. The van der Waals surface area contributed by atoms with Gasteiger partial charge in [-0.1, -0.05) is 24.4 Å². The molecule has 0 atom stereocenters. The average molecular weight is 376 g/mol. The van der Waals surface area contributed by atoms with Crippen LogP contribution in [0.5, 0.6) is 0 Å². The third-order valence-corrected chi connectivity index (χ3v) is 5.93. The molecule has 0 unspecified atom stereocenters. The molecule has 28 heavy (non-hydrogen) atoms. The highest BCUT2D eigenvalue weighted by molar-refractivity contribution is 5.89. The topological polar surface area (TPSA) is 82.0 Å². The molecule has 7 nitrogen and oxygen atoms in total. The van der Waals surface area contributed by atoms with Crippen LogP contribution in [0.2, 0.25) is 0 Å². The fourth-order valence-corrected chi connectivity index (χ4v) is 4.35. The Kier molecular flexibility index (Phi) is 4.30. The summed E-state index contributed by atoms with van der Waals surface area (Å²) < 4.78 is 7.44. The van der Waals surface area contributed by atoms with Crippen molar-refractivity contribution in [3.8, 4) is 0 Å². The molecule has 144 valence electrons. The summed E-state index contributed by atoms with van der Waals surface area (Å²) in [4.78, 5) is 13.8. The third kappa shape index (κ3) is 2.95. The Labute approximate surface area is 163 Å². The Balaban J connectivity index is 1.41. The number of fused-ring (bicyclic) bond motifs is 3. The van der Waals surface area contributed by atoms with Crippen LogP contribution in [0, 0.1) is 13.8 Å². The van der Waals surface area contributed by atoms with Gasteiger partial charge >= 0.3 is 0 Å². The molecule has 1 saturated carbocycles. The van der Waals surface area contributed by atoms with Crippen LogP contribution in [-0.2, 0) is 12.8 Å². The zero-order chi connectivity index (χ0) is 19.1. The smallest absolute Gasteiger partial charge is 0.226 e. The second-order valence-corrected chi connectivity index (χ2v) is 7.75. The first-order valence-corrected chi connectivity index (χ1v) is 10.1. The van der Waals surface area contributed by atoms with E-state index in [0.717, 1.165) is 40.3 Å². The van der Waals surface area contributed by atoms with Gasteiger partial charge in [0, 0.05) is 29.9 Å². The van der Waals surface area contributed by atoms with E-state index in [4.69, 9.17) is 9.51 Å². The second kappa shape index (κ2) is 6.96. The normalized spacial score (nSPS) is 15.6. The summed E-state index contributed by atoms with van der Waals surface area (Å²) in [5.74, 6) is 2.07. The van der Waals surface area contributed by atoms with Crippen LogP contribution in [0.1, 0.15) is 66.7 Å². The van der Waals surface area contributed by atoms with Gasteiger partial charge in [-0.2, -0.15) is 4.98 Å². The molecule has 4 aromatic heterocycles. The van der Waals surface area contributed by atoms with Crippen LogP contribution in [0.4, 0.5) is 0 Å². The van der Waals surface area contributed by atoms with E-state index in [1.165, 1.54) is 37.7 Å². The molecule has 0 radical (unpaired) electrons. The molecular weight excluding hydrogens is 352 g/mol. The number of hydrogen-bond donors (Lipinski definition) is 0. The largest absolute Gasteiger partial charge is 0.339 e. The standard InChI is InChI=1S/C21H24N6O/c1-13-16(10-11-18-24-19(26-28-18)15-7-4-3-5-8-15)14(2)27-21(23-13)17-9-6-12-22-20(17)25-27/h6,9,12,15H,3-5,7-8,10-11H2,1-2H3. The van der Waals surface area contributed by atoms with Gasteiger partial charge in [-0.05, 0) is 50.8 Å². The predicted molar refractivity (Wildman–Crippen MR) is 105 cm³/mol. The summed E-state index contributed by atoms with van der Waals surface area (Å²) in [7, 11) is 0. The summed E-state index contributed by atoms with van der Waals surface area (Å²) in [6, 6.07) is 3.94. The molecule has 0 aliphatic heterocycles. The van der Waals surface area contributed by atoms with E-state index >= 15 is 0 Å². The van der Waals surface area contributed by atoms with Crippen molar-refractivity contribution in [3.05, 3.63) is 47.0 Å². The quantitative estimate of drug-likeness (QED) is 0.533. The molecule has 1 aliphatic rings. The van der Waals surface area contributed by atoms with Crippen molar-refractivity contribution < 1.29 is 4.52 Å². The lowest BCUT2D eigenvalue weighted by Crippen LogP contribution is -2.07. The Morgan fingerprint density at radius 2 is 1.96 bits per heavy atom. The summed E-state index contributed by atoms with van der Waals surface area (Å²) >= 11 is 0. The molecule has 0 amide bonds. The first-order chi connectivity index (χ1) is 13.7. The van der Waals surface area contributed by atoms with Gasteiger partial charge in [-0.25, -0.2) is 14.5 Å². The monoisotopic (exact) mass is 376 g/mol. The van der Waals surface area contributed by atoms with Crippen LogP contribution in [0.25, 0.3) is 16.7 Å².